The summed E-state index contributed by atoms with van der Waals surface area (Å²) in [6.45, 7) is 0. The first-order valence-corrected chi connectivity index (χ1v) is 8.43. The number of carbonyl (C=O) groups excluding carboxylic acids is 1. The van der Waals surface area contributed by atoms with Gasteiger partial charge in [-0.2, -0.15) is 0 Å². The Morgan fingerprint density at radius 2 is 1.85 bits per heavy atom. The molecule has 3 aromatic rings. The van der Waals surface area contributed by atoms with E-state index < -0.39 is 10.8 Å². The largest absolute Gasteiger partial charge is 0.451 e. The van der Waals surface area contributed by atoms with E-state index in [1.807, 2.05) is 0 Å². The second-order valence-electron chi connectivity index (χ2n) is 5.39. The number of benzene rings is 2. The highest BCUT2D eigenvalue weighted by atomic mass is 35.5. The van der Waals surface area contributed by atoms with Gasteiger partial charge in [0.15, 0.2) is 10.9 Å². The molecule has 0 aliphatic heterocycles. The fraction of sp³-hybridized carbons (Fsp3) is 0. The van der Waals surface area contributed by atoms with Crippen molar-refractivity contribution in [3.8, 4) is 11.3 Å². The van der Waals surface area contributed by atoms with E-state index in [0.29, 0.717) is 22.0 Å². The van der Waals surface area contributed by atoms with E-state index in [1.165, 1.54) is 18.2 Å². The molecule has 1 heterocycles. The number of nitrogens with zero attached hydrogens (tertiary/aromatic N) is 1. The normalized spacial score (nSPS) is 10.3. The molecule has 0 atom stereocenters. The Balaban J connectivity index is 1.67. The monoisotopic (exact) mass is 401 g/mol. The van der Waals surface area contributed by atoms with Crippen molar-refractivity contribution in [2.75, 3.05) is 5.32 Å². The van der Waals surface area contributed by atoms with Gasteiger partial charge in [-0.1, -0.05) is 23.7 Å². The number of thiocarbonyl (C=S) groups is 1. The zero-order valence-corrected chi connectivity index (χ0v) is 15.2. The number of non-ortho nitro benzene ring substituents is 1. The van der Waals surface area contributed by atoms with Crippen molar-refractivity contribution in [3.05, 3.63) is 81.6 Å². The van der Waals surface area contributed by atoms with Crippen LogP contribution in [-0.2, 0) is 0 Å². The third-order valence-corrected chi connectivity index (χ3v) is 3.96. The average Bonchev–Trinajstić information content (AvgIpc) is 3.14. The maximum atomic E-state index is 12.3. The Labute approximate surface area is 164 Å². The van der Waals surface area contributed by atoms with Crippen LogP contribution in [0.4, 0.5) is 11.4 Å². The predicted octanol–water partition coefficient (Wildman–Crippen LogP) is 4.64. The van der Waals surface area contributed by atoms with Gasteiger partial charge in [0.05, 0.1) is 4.92 Å². The SMILES string of the molecule is O=C(NC(=S)Nc1ccc(Cl)cc1)c1ccc(-c2cccc([N+](=O)[O-])c2)o1. The fourth-order valence-corrected chi connectivity index (χ4v) is 2.58. The molecule has 0 spiro atoms. The van der Waals surface area contributed by atoms with E-state index in [0.717, 1.165) is 0 Å². The van der Waals surface area contributed by atoms with Gasteiger partial charge in [-0.25, -0.2) is 0 Å². The molecule has 2 N–H and O–H groups in total. The molecule has 0 saturated heterocycles. The molecule has 1 aromatic heterocycles. The van der Waals surface area contributed by atoms with Gasteiger partial charge in [0.25, 0.3) is 11.6 Å². The molecular formula is C18H12ClN3O4S. The minimum atomic E-state index is -0.543. The summed E-state index contributed by atoms with van der Waals surface area (Å²) in [7, 11) is 0. The summed E-state index contributed by atoms with van der Waals surface area (Å²) >= 11 is 10.9. The van der Waals surface area contributed by atoms with Crippen molar-refractivity contribution in [1.29, 1.82) is 0 Å². The highest BCUT2D eigenvalue weighted by Gasteiger charge is 2.15. The maximum absolute atomic E-state index is 12.3. The summed E-state index contributed by atoms with van der Waals surface area (Å²) in [5, 5.41) is 16.9. The van der Waals surface area contributed by atoms with Crippen LogP contribution in [0.25, 0.3) is 11.3 Å². The molecule has 136 valence electrons. The van der Waals surface area contributed by atoms with Gasteiger partial charge in [0.1, 0.15) is 5.76 Å². The topological polar surface area (TPSA) is 97.4 Å². The third-order valence-electron chi connectivity index (χ3n) is 3.50. The van der Waals surface area contributed by atoms with Gasteiger partial charge in [-0.05, 0) is 48.6 Å². The Morgan fingerprint density at radius 1 is 1.11 bits per heavy atom. The first kappa shape index (κ1) is 18.6. The number of nitrogens with one attached hydrogen (secondary N) is 2. The summed E-state index contributed by atoms with van der Waals surface area (Å²) < 4.78 is 5.49. The zero-order chi connectivity index (χ0) is 19.4. The average molecular weight is 402 g/mol. The smallest absolute Gasteiger partial charge is 0.293 e. The number of hydrogen-bond acceptors (Lipinski definition) is 5. The van der Waals surface area contributed by atoms with E-state index >= 15 is 0 Å². The summed E-state index contributed by atoms with van der Waals surface area (Å²) in [6, 6.07) is 15.8. The van der Waals surface area contributed by atoms with Crippen molar-refractivity contribution in [2.24, 2.45) is 0 Å². The summed E-state index contributed by atoms with van der Waals surface area (Å²) in [5.41, 5.74) is 1.09. The number of hydrogen-bond donors (Lipinski definition) is 2. The van der Waals surface area contributed by atoms with Crippen molar-refractivity contribution in [2.45, 2.75) is 0 Å². The summed E-state index contributed by atoms with van der Waals surface area (Å²) in [6.07, 6.45) is 0. The molecule has 3 rings (SSSR count). The lowest BCUT2D eigenvalue weighted by Crippen LogP contribution is -2.33. The molecule has 27 heavy (non-hydrogen) atoms. The maximum Gasteiger partial charge on any atom is 0.293 e. The first-order valence-electron chi connectivity index (χ1n) is 7.65. The van der Waals surface area contributed by atoms with Crippen LogP contribution in [0.1, 0.15) is 10.6 Å². The van der Waals surface area contributed by atoms with Gasteiger partial charge < -0.3 is 9.73 Å². The molecular weight excluding hydrogens is 390 g/mol. The van der Waals surface area contributed by atoms with Crippen LogP contribution in [0, 0.1) is 10.1 Å². The van der Waals surface area contributed by atoms with Crippen LogP contribution in [0.5, 0.6) is 0 Å². The third kappa shape index (κ3) is 4.69. The number of amides is 1. The first-order chi connectivity index (χ1) is 12.9. The van der Waals surface area contributed by atoms with Crippen molar-refractivity contribution < 1.29 is 14.1 Å². The fourth-order valence-electron chi connectivity index (χ4n) is 2.25. The number of nitro groups is 1. The Morgan fingerprint density at radius 3 is 2.56 bits per heavy atom. The molecule has 0 saturated carbocycles. The lowest BCUT2D eigenvalue weighted by molar-refractivity contribution is -0.384. The summed E-state index contributed by atoms with van der Waals surface area (Å²) in [4.78, 5) is 22.6. The zero-order valence-electron chi connectivity index (χ0n) is 13.6. The molecule has 1 amide bonds. The van der Waals surface area contributed by atoms with Gasteiger partial charge in [0.2, 0.25) is 0 Å². The molecule has 0 fully saturated rings. The van der Waals surface area contributed by atoms with Crippen LogP contribution >= 0.6 is 23.8 Å². The van der Waals surface area contributed by atoms with E-state index in [4.69, 9.17) is 28.2 Å². The molecule has 0 bridgehead atoms. The van der Waals surface area contributed by atoms with Crippen molar-refractivity contribution in [3.63, 3.8) is 0 Å². The second kappa shape index (κ2) is 7.98. The summed E-state index contributed by atoms with van der Waals surface area (Å²) in [5.74, 6) is -0.185. The van der Waals surface area contributed by atoms with E-state index in [1.54, 1.807) is 42.5 Å². The predicted molar refractivity (Wildman–Crippen MR) is 106 cm³/mol. The van der Waals surface area contributed by atoms with Crippen molar-refractivity contribution >= 4 is 46.2 Å². The molecule has 2 aromatic carbocycles. The Kier molecular flexibility index (Phi) is 5.49. The highest BCUT2D eigenvalue weighted by Crippen LogP contribution is 2.25. The number of halogens is 1. The van der Waals surface area contributed by atoms with Gasteiger partial charge in [0, 0.05) is 28.4 Å². The number of furan rings is 1. The number of carbonyl (C=O) groups is 1. The van der Waals surface area contributed by atoms with Gasteiger partial charge in [-0.3, -0.25) is 20.2 Å². The minimum absolute atomic E-state index is 0.0248. The number of rotatable bonds is 4. The van der Waals surface area contributed by atoms with Gasteiger partial charge >= 0.3 is 0 Å². The molecule has 0 unspecified atom stereocenters. The van der Waals surface area contributed by atoms with Crippen LogP contribution in [0.2, 0.25) is 5.02 Å². The van der Waals surface area contributed by atoms with Crippen LogP contribution < -0.4 is 10.6 Å². The number of nitro benzene ring substituents is 1. The molecule has 0 aliphatic carbocycles. The van der Waals surface area contributed by atoms with Crippen LogP contribution in [0.3, 0.4) is 0 Å². The lowest BCUT2D eigenvalue weighted by atomic mass is 10.1. The molecule has 9 heteroatoms. The quantitative estimate of drug-likeness (QED) is 0.375. The minimum Gasteiger partial charge on any atom is -0.451 e. The van der Waals surface area contributed by atoms with E-state index in [-0.39, 0.29) is 16.6 Å². The number of anilines is 1. The van der Waals surface area contributed by atoms with Crippen LogP contribution in [0.15, 0.2) is 65.1 Å². The Hall–Kier alpha value is -3.23. The van der Waals surface area contributed by atoms with Crippen molar-refractivity contribution in [1.82, 2.24) is 5.32 Å². The molecule has 0 aliphatic rings. The van der Waals surface area contributed by atoms with E-state index in [2.05, 4.69) is 10.6 Å². The van der Waals surface area contributed by atoms with Crippen LogP contribution in [-0.4, -0.2) is 15.9 Å². The second-order valence-corrected chi connectivity index (χ2v) is 6.23. The van der Waals surface area contributed by atoms with Gasteiger partial charge in [-0.15, -0.1) is 0 Å². The molecule has 7 nitrogen and oxygen atoms in total. The molecule has 0 radical (unpaired) electrons. The lowest BCUT2D eigenvalue weighted by Gasteiger charge is -2.08. The Bertz CT molecular complexity index is 1020. The highest BCUT2D eigenvalue weighted by molar-refractivity contribution is 7.80. The standard InChI is InChI=1S/C18H12ClN3O4S/c19-12-4-6-13(7-5-12)20-18(27)21-17(23)16-9-8-15(26-16)11-2-1-3-14(10-11)22(24)25/h1-10H,(H2,20,21,23,27). The van der Waals surface area contributed by atoms with E-state index in [9.17, 15) is 14.9 Å².